The van der Waals surface area contributed by atoms with Crippen molar-refractivity contribution in [2.24, 2.45) is 5.73 Å². The van der Waals surface area contributed by atoms with Crippen molar-refractivity contribution in [3.05, 3.63) is 22.2 Å². The predicted molar refractivity (Wildman–Crippen MR) is 69.5 cm³/mol. The lowest BCUT2D eigenvalue weighted by Gasteiger charge is -2.14. The average Bonchev–Trinajstić information content (AvgIpc) is 2.26. The zero-order valence-corrected chi connectivity index (χ0v) is 11.6. The minimum atomic E-state index is -0.531. The van der Waals surface area contributed by atoms with Gasteiger partial charge in [0.2, 0.25) is 0 Å². The first kappa shape index (κ1) is 14.3. The minimum Gasteiger partial charge on any atom is -0.493 e. The van der Waals surface area contributed by atoms with Crippen molar-refractivity contribution >= 4 is 15.9 Å². The van der Waals surface area contributed by atoms with Gasteiger partial charge in [0.15, 0.2) is 11.5 Å². The van der Waals surface area contributed by atoms with Crippen LogP contribution in [0.15, 0.2) is 16.6 Å². The van der Waals surface area contributed by atoms with Crippen LogP contribution in [0.4, 0.5) is 4.39 Å². The lowest BCUT2D eigenvalue weighted by molar-refractivity contribution is 0.258. The molecule has 1 aromatic rings. The second kappa shape index (κ2) is 6.81. The summed E-state index contributed by atoms with van der Waals surface area (Å²) in [5.41, 5.74) is 6.80. The summed E-state index contributed by atoms with van der Waals surface area (Å²) in [5, 5.41) is 0. The number of hydrogen-bond acceptors (Lipinski definition) is 3. The number of alkyl halides is 1. The molecule has 0 aliphatic carbocycles. The second-order valence-corrected chi connectivity index (χ2v) is 4.68. The molecule has 0 saturated carbocycles. The third-order valence-electron chi connectivity index (χ3n) is 2.17. The second-order valence-electron chi connectivity index (χ2n) is 3.83. The summed E-state index contributed by atoms with van der Waals surface area (Å²) >= 11 is 3.39. The number of nitrogens with two attached hydrogens (primary N) is 1. The van der Waals surface area contributed by atoms with E-state index in [1.165, 1.54) is 0 Å². The van der Waals surface area contributed by atoms with Crippen LogP contribution in [0.25, 0.3) is 0 Å². The monoisotopic (exact) mass is 305 g/mol. The summed E-state index contributed by atoms with van der Waals surface area (Å²) < 4.78 is 23.4. The molecule has 0 amide bonds. The van der Waals surface area contributed by atoms with Gasteiger partial charge in [0.1, 0.15) is 13.3 Å². The van der Waals surface area contributed by atoms with Crippen LogP contribution in [-0.4, -0.2) is 26.4 Å². The molecule has 96 valence electrons. The zero-order chi connectivity index (χ0) is 12.8. The smallest absolute Gasteiger partial charge is 0.175 e. The molecule has 3 nitrogen and oxygen atoms in total. The van der Waals surface area contributed by atoms with Crippen molar-refractivity contribution in [2.45, 2.75) is 19.4 Å². The van der Waals surface area contributed by atoms with Gasteiger partial charge in [-0.2, -0.15) is 0 Å². The van der Waals surface area contributed by atoms with E-state index in [2.05, 4.69) is 15.9 Å². The van der Waals surface area contributed by atoms with Crippen molar-refractivity contribution in [3.8, 4) is 11.5 Å². The first-order valence-electron chi connectivity index (χ1n) is 5.39. The fraction of sp³-hybridized carbons (Fsp3) is 0.500. The first-order valence-corrected chi connectivity index (χ1v) is 6.18. The number of rotatable bonds is 6. The van der Waals surface area contributed by atoms with Crippen LogP contribution in [0.3, 0.4) is 0 Å². The SMILES string of the molecule is COc1cc(CC(C)N)cc(Br)c1OCCF. The molecule has 0 heterocycles. The van der Waals surface area contributed by atoms with Crippen LogP contribution in [0.2, 0.25) is 0 Å². The molecule has 5 heteroatoms. The quantitative estimate of drug-likeness (QED) is 0.879. The fourth-order valence-electron chi connectivity index (χ4n) is 1.54. The standard InChI is InChI=1S/C12H17BrFNO2/c1-8(15)5-9-6-10(13)12(17-4-3-14)11(7-9)16-2/h6-8H,3-5,15H2,1-2H3. The van der Waals surface area contributed by atoms with Gasteiger partial charge in [-0.15, -0.1) is 0 Å². The zero-order valence-electron chi connectivity index (χ0n) is 10.0. The summed E-state index contributed by atoms with van der Waals surface area (Å²) in [6, 6.07) is 3.85. The number of halogens is 2. The van der Waals surface area contributed by atoms with Crippen LogP contribution in [0.1, 0.15) is 12.5 Å². The fourth-order valence-corrected chi connectivity index (χ4v) is 2.15. The highest BCUT2D eigenvalue weighted by molar-refractivity contribution is 9.10. The molecular weight excluding hydrogens is 289 g/mol. The average molecular weight is 306 g/mol. The minimum absolute atomic E-state index is 0.0155. The van der Waals surface area contributed by atoms with E-state index in [1.54, 1.807) is 7.11 Å². The number of hydrogen-bond donors (Lipinski definition) is 1. The Morgan fingerprint density at radius 2 is 2.18 bits per heavy atom. The Bertz CT molecular complexity index is 372. The molecule has 1 aromatic carbocycles. The van der Waals surface area contributed by atoms with Crippen LogP contribution >= 0.6 is 15.9 Å². The summed E-state index contributed by atoms with van der Waals surface area (Å²) in [7, 11) is 1.56. The van der Waals surface area contributed by atoms with Crippen molar-refractivity contribution in [1.82, 2.24) is 0 Å². The lowest BCUT2D eigenvalue weighted by atomic mass is 10.1. The van der Waals surface area contributed by atoms with E-state index in [0.717, 1.165) is 16.5 Å². The van der Waals surface area contributed by atoms with Gasteiger partial charge in [0.05, 0.1) is 11.6 Å². The maximum atomic E-state index is 12.1. The molecule has 1 atom stereocenters. The van der Waals surface area contributed by atoms with Crippen LogP contribution in [-0.2, 0) is 6.42 Å². The molecule has 1 rings (SSSR count). The van der Waals surface area contributed by atoms with Gasteiger partial charge in [0, 0.05) is 6.04 Å². The molecule has 0 radical (unpaired) electrons. The van der Waals surface area contributed by atoms with Gasteiger partial charge in [-0.05, 0) is 47.0 Å². The van der Waals surface area contributed by atoms with Crippen molar-refractivity contribution in [1.29, 1.82) is 0 Å². The number of benzene rings is 1. The summed E-state index contributed by atoms with van der Waals surface area (Å²) in [6.45, 7) is 1.42. The van der Waals surface area contributed by atoms with Crippen molar-refractivity contribution in [3.63, 3.8) is 0 Å². The molecule has 0 aromatic heterocycles. The Hall–Kier alpha value is -0.810. The molecule has 0 aliphatic rings. The van der Waals surface area contributed by atoms with E-state index in [1.807, 2.05) is 19.1 Å². The van der Waals surface area contributed by atoms with Gasteiger partial charge >= 0.3 is 0 Å². The summed E-state index contributed by atoms with van der Waals surface area (Å²) in [4.78, 5) is 0. The van der Waals surface area contributed by atoms with Gasteiger partial charge in [0.25, 0.3) is 0 Å². The van der Waals surface area contributed by atoms with Crippen LogP contribution in [0, 0.1) is 0 Å². The van der Waals surface area contributed by atoms with Gasteiger partial charge in [-0.25, -0.2) is 4.39 Å². The largest absolute Gasteiger partial charge is 0.493 e. The van der Waals surface area contributed by atoms with Gasteiger partial charge < -0.3 is 15.2 Å². The van der Waals surface area contributed by atoms with E-state index in [9.17, 15) is 4.39 Å². The molecule has 0 spiro atoms. The summed E-state index contributed by atoms with van der Waals surface area (Å²) in [5.74, 6) is 1.11. The highest BCUT2D eigenvalue weighted by Crippen LogP contribution is 2.36. The molecule has 0 bridgehead atoms. The van der Waals surface area contributed by atoms with E-state index >= 15 is 0 Å². The third kappa shape index (κ3) is 4.16. The van der Waals surface area contributed by atoms with E-state index < -0.39 is 6.67 Å². The van der Waals surface area contributed by atoms with E-state index in [0.29, 0.717) is 11.5 Å². The maximum Gasteiger partial charge on any atom is 0.175 e. The third-order valence-corrected chi connectivity index (χ3v) is 2.76. The normalized spacial score (nSPS) is 12.3. The lowest BCUT2D eigenvalue weighted by Crippen LogP contribution is -2.17. The topological polar surface area (TPSA) is 44.5 Å². The van der Waals surface area contributed by atoms with E-state index in [-0.39, 0.29) is 12.6 Å². The Morgan fingerprint density at radius 3 is 2.71 bits per heavy atom. The molecule has 1 unspecified atom stereocenters. The highest BCUT2D eigenvalue weighted by Gasteiger charge is 2.12. The van der Waals surface area contributed by atoms with Crippen LogP contribution < -0.4 is 15.2 Å². The number of ether oxygens (including phenoxy) is 2. The van der Waals surface area contributed by atoms with Gasteiger partial charge in [-0.1, -0.05) is 0 Å². The molecule has 0 aliphatic heterocycles. The van der Waals surface area contributed by atoms with Crippen LogP contribution in [0.5, 0.6) is 11.5 Å². The Balaban J connectivity index is 2.98. The molecule has 0 fully saturated rings. The Morgan fingerprint density at radius 1 is 1.47 bits per heavy atom. The summed E-state index contributed by atoms with van der Waals surface area (Å²) in [6.07, 6.45) is 0.748. The molecule has 0 saturated heterocycles. The molecule has 2 N–H and O–H groups in total. The van der Waals surface area contributed by atoms with Crippen molar-refractivity contribution in [2.75, 3.05) is 20.4 Å². The molecular formula is C12H17BrFNO2. The van der Waals surface area contributed by atoms with Gasteiger partial charge in [-0.3, -0.25) is 0 Å². The Labute approximate surface area is 109 Å². The molecule has 17 heavy (non-hydrogen) atoms. The highest BCUT2D eigenvalue weighted by atomic mass is 79.9. The van der Waals surface area contributed by atoms with E-state index in [4.69, 9.17) is 15.2 Å². The van der Waals surface area contributed by atoms with Crippen molar-refractivity contribution < 1.29 is 13.9 Å². The first-order chi connectivity index (χ1) is 8.08. The number of methoxy groups -OCH3 is 1. The Kier molecular flexibility index (Phi) is 5.71. The predicted octanol–water partition coefficient (Wildman–Crippen LogP) is 2.70. The maximum absolute atomic E-state index is 12.1.